The summed E-state index contributed by atoms with van der Waals surface area (Å²) in [4.78, 5) is 28.5. The summed E-state index contributed by atoms with van der Waals surface area (Å²) in [6, 6.07) is 17.8. The third kappa shape index (κ3) is 3.67. The number of hydrogen-bond acceptors (Lipinski definition) is 6. The lowest BCUT2D eigenvalue weighted by molar-refractivity contribution is -0.120. The van der Waals surface area contributed by atoms with Crippen molar-refractivity contribution in [2.75, 3.05) is 23.9 Å². The van der Waals surface area contributed by atoms with Gasteiger partial charge in [-0.2, -0.15) is 0 Å². The molecule has 7 heteroatoms. The van der Waals surface area contributed by atoms with E-state index in [1.54, 1.807) is 31.4 Å². The summed E-state index contributed by atoms with van der Waals surface area (Å²) in [5, 5.41) is 5.02. The highest BCUT2D eigenvalue weighted by molar-refractivity contribution is 7.11. The van der Waals surface area contributed by atoms with Crippen LogP contribution in [-0.4, -0.2) is 25.5 Å². The van der Waals surface area contributed by atoms with Gasteiger partial charge >= 0.3 is 0 Å². The summed E-state index contributed by atoms with van der Waals surface area (Å²) in [6.07, 6.45) is 0. The number of nitrogens with zero attached hydrogens (tertiary/aromatic N) is 1. The van der Waals surface area contributed by atoms with Gasteiger partial charge in [-0.15, -0.1) is 11.3 Å². The molecule has 6 nitrogen and oxygen atoms in total. The topological polar surface area (TPSA) is 67.9 Å². The lowest BCUT2D eigenvalue weighted by Gasteiger charge is -2.16. The van der Waals surface area contributed by atoms with Gasteiger partial charge in [0.15, 0.2) is 0 Å². The van der Waals surface area contributed by atoms with E-state index in [2.05, 4.69) is 5.32 Å². The Kier molecular flexibility index (Phi) is 5.54. The molecule has 2 amide bonds. The fraction of sp³-hybridized carbons (Fsp3) is 0.130. The standard InChI is InChI=1S/C23H20N2O4S/c1-3-29-17-11-9-15(10-12-17)24-21-20(19-8-5-13-30-19)22(26)25(23(21)27)16-6-4-7-18(14-16)28-2/h4-14,24H,3H2,1-2H3. The Morgan fingerprint density at radius 3 is 2.43 bits per heavy atom. The van der Waals surface area contributed by atoms with Crippen LogP contribution in [0, 0.1) is 0 Å². The first-order chi connectivity index (χ1) is 14.6. The molecule has 0 saturated carbocycles. The van der Waals surface area contributed by atoms with Crippen LogP contribution < -0.4 is 19.7 Å². The number of nitrogens with one attached hydrogen (secondary N) is 1. The molecule has 0 spiro atoms. The van der Waals surface area contributed by atoms with E-state index in [0.29, 0.717) is 29.3 Å². The average molecular weight is 420 g/mol. The quantitative estimate of drug-likeness (QED) is 0.568. The number of hydrogen-bond donors (Lipinski definition) is 1. The van der Waals surface area contributed by atoms with Crippen LogP contribution in [0.2, 0.25) is 0 Å². The van der Waals surface area contributed by atoms with Gasteiger partial charge in [0.1, 0.15) is 17.2 Å². The van der Waals surface area contributed by atoms with Gasteiger partial charge in [0.2, 0.25) is 0 Å². The number of carbonyl (C=O) groups is 2. The summed E-state index contributed by atoms with van der Waals surface area (Å²) >= 11 is 1.41. The first kappa shape index (κ1) is 19.7. The second kappa shape index (κ2) is 8.42. The van der Waals surface area contributed by atoms with Crippen molar-refractivity contribution in [1.29, 1.82) is 0 Å². The number of anilines is 2. The Morgan fingerprint density at radius 2 is 1.77 bits per heavy atom. The van der Waals surface area contributed by atoms with Crippen molar-refractivity contribution in [3.05, 3.63) is 76.6 Å². The van der Waals surface area contributed by atoms with E-state index in [1.165, 1.54) is 16.2 Å². The second-order valence-corrected chi connectivity index (χ2v) is 7.40. The Morgan fingerprint density at radius 1 is 0.967 bits per heavy atom. The number of methoxy groups -OCH3 is 1. The maximum atomic E-state index is 13.3. The molecule has 2 heterocycles. The highest BCUT2D eigenvalue weighted by Crippen LogP contribution is 2.36. The van der Waals surface area contributed by atoms with Crippen molar-refractivity contribution >= 4 is 40.1 Å². The van der Waals surface area contributed by atoms with Crippen molar-refractivity contribution in [1.82, 2.24) is 0 Å². The maximum absolute atomic E-state index is 13.3. The Labute approximate surface area is 178 Å². The summed E-state index contributed by atoms with van der Waals surface area (Å²) in [5.41, 5.74) is 1.75. The third-order valence-electron chi connectivity index (χ3n) is 4.60. The lowest BCUT2D eigenvalue weighted by Crippen LogP contribution is -2.32. The van der Waals surface area contributed by atoms with Crippen LogP contribution in [0.3, 0.4) is 0 Å². The zero-order valence-electron chi connectivity index (χ0n) is 16.5. The summed E-state index contributed by atoms with van der Waals surface area (Å²) in [7, 11) is 1.54. The van der Waals surface area contributed by atoms with Gasteiger partial charge in [0.05, 0.1) is 25.0 Å². The van der Waals surface area contributed by atoms with E-state index in [9.17, 15) is 9.59 Å². The smallest absolute Gasteiger partial charge is 0.282 e. The second-order valence-electron chi connectivity index (χ2n) is 6.46. The van der Waals surface area contributed by atoms with Gasteiger partial charge in [-0.1, -0.05) is 12.1 Å². The minimum atomic E-state index is -0.412. The fourth-order valence-electron chi connectivity index (χ4n) is 3.22. The van der Waals surface area contributed by atoms with Crippen molar-refractivity contribution in [3.63, 3.8) is 0 Å². The highest BCUT2D eigenvalue weighted by Gasteiger charge is 2.40. The predicted molar refractivity (Wildman–Crippen MR) is 118 cm³/mol. The van der Waals surface area contributed by atoms with Gasteiger partial charge in [-0.05, 0) is 54.8 Å². The molecule has 3 aromatic rings. The fourth-order valence-corrected chi connectivity index (χ4v) is 3.99. The first-order valence-corrected chi connectivity index (χ1v) is 10.3. The molecule has 4 rings (SSSR count). The Balaban J connectivity index is 1.72. The van der Waals surface area contributed by atoms with Crippen LogP contribution in [0.1, 0.15) is 11.8 Å². The molecule has 0 saturated heterocycles. The number of carbonyl (C=O) groups excluding carboxylic acids is 2. The molecule has 0 unspecified atom stereocenters. The van der Waals surface area contributed by atoms with E-state index in [1.807, 2.05) is 48.7 Å². The number of amides is 2. The number of ether oxygens (including phenoxy) is 2. The van der Waals surface area contributed by atoms with Crippen molar-refractivity contribution in [2.45, 2.75) is 6.92 Å². The Hall–Kier alpha value is -3.58. The van der Waals surface area contributed by atoms with Crippen molar-refractivity contribution < 1.29 is 19.1 Å². The van der Waals surface area contributed by atoms with E-state index in [4.69, 9.17) is 9.47 Å². The van der Waals surface area contributed by atoms with Crippen LogP contribution in [0.25, 0.3) is 5.57 Å². The number of rotatable bonds is 7. The monoisotopic (exact) mass is 420 g/mol. The van der Waals surface area contributed by atoms with Crippen LogP contribution in [-0.2, 0) is 9.59 Å². The largest absolute Gasteiger partial charge is 0.497 e. The predicted octanol–water partition coefficient (Wildman–Crippen LogP) is 4.55. The molecule has 152 valence electrons. The maximum Gasteiger partial charge on any atom is 0.282 e. The summed E-state index contributed by atoms with van der Waals surface area (Å²) in [5.74, 6) is 0.524. The van der Waals surface area contributed by atoms with Crippen LogP contribution >= 0.6 is 11.3 Å². The minimum Gasteiger partial charge on any atom is -0.497 e. The highest BCUT2D eigenvalue weighted by atomic mass is 32.1. The number of imide groups is 1. The molecule has 0 fully saturated rings. The van der Waals surface area contributed by atoms with E-state index >= 15 is 0 Å². The van der Waals surface area contributed by atoms with Gasteiger partial charge in [-0.25, -0.2) is 4.90 Å². The third-order valence-corrected chi connectivity index (χ3v) is 5.49. The molecule has 1 aromatic heterocycles. The average Bonchev–Trinajstić information content (AvgIpc) is 3.36. The van der Waals surface area contributed by atoms with Crippen LogP contribution in [0.4, 0.5) is 11.4 Å². The molecule has 0 radical (unpaired) electrons. The molecule has 0 atom stereocenters. The number of benzene rings is 2. The van der Waals surface area contributed by atoms with Gasteiger partial charge in [0, 0.05) is 16.6 Å². The lowest BCUT2D eigenvalue weighted by atomic mass is 10.2. The molecule has 0 bridgehead atoms. The molecular formula is C23H20N2O4S. The minimum absolute atomic E-state index is 0.245. The molecule has 2 aromatic carbocycles. The molecule has 1 N–H and O–H groups in total. The Bertz CT molecular complexity index is 1100. The van der Waals surface area contributed by atoms with Crippen molar-refractivity contribution in [2.24, 2.45) is 0 Å². The SMILES string of the molecule is CCOc1ccc(NC2=C(c3cccs3)C(=O)N(c3cccc(OC)c3)C2=O)cc1. The van der Waals surface area contributed by atoms with Gasteiger partial charge in [-0.3, -0.25) is 9.59 Å². The van der Waals surface area contributed by atoms with Crippen LogP contribution in [0.15, 0.2) is 71.7 Å². The summed E-state index contributed by atoms with van der Waals surface area (Å²) in [6.45, 7) is 2.49. The van der Waals surface area contributed by atoms with Crippen molar-refractivity contribution in [3.8, 4) is 11.5 Å². The van der Waals surface area contributed by atoms with E-state index in [0.717, 1.165) is 10.6 Å². The first-order valence-electron chi connectivity index (χ1n) is 9.43. The van der Waals surface area contributed by atoms with E-state index < -0.39 is 5.91 Å². The normalized spacial score (nSPS) is 13.7. The summed E-state index contributed by atoms with van der Waals surface area (Å²) < 4.78 is 10.7. The molecule has 1 aliphatic rings. The molecule has 1 aliphatic heterocycles. The van der Waals surface area contributed by atoms with Gasteiger partial charge in [0.25, 0.3) is 11.8 Å². The molecular weight excluding hydrogens is 400 g/mol. The van der Waals surface area contributed by atoms with E-state index in [-0.39, 0.29) is 11.6 Å². The number of thiophene rings is 1. The molecule has 0 aliphatic carbocycles. The van der Waals surface area contributed by atoms with Gasteiger partial charge < -0.3 is 14.8 Å². The van der Waals surface area contributed by atoms with Crippen LogP contribution in [0.5, 0.6) is 11.5 Å². The molecule has 30 heavy (non-hydrogen) atoms. The zero-order chi connectivity index (χ0) is 21.1. The zero-order valence-corrected chi connectivity index (χ0v) is 17.4.